The van der Waals surface area contributed by atoms with E-state index < -0.39 is 0 Å². The highest BCUT2D eigenvalue weighted by atomic mass is 16.1. The van der Waals surface area contributed by atoms with Gasteiger partial charge in [0.1, 0.15) is 0 Å². The molecule has 3 heteroatoms. The lowest BCUT2D eigenvalue weighted by Crippen LogP contribution is -2.00. The third kappa shape index (κ3) is 1.57. The number of aryl methyl sites for hydroxylation is 1. The zero-order chi connectivity index (χ0) is 14.4. The van der Waals surface area contributed by atoms with Gasteiger partial charge in [-0.2, -0.15) is 0 Å². The minimum atomic E-state index is 0.753. The van der Waals surface area contributed by atoms with Gasteiger partial charge in [-0.25, -0.2) is 0 Å². The highest BCUT2D eigenvalue weighted by Gasteiger charge is 2.16. The fourth-order valence-electron chi connectivity index (χ4n) is 3.06. The highest BCUT2D eigenvalue weighted by molar-refractivity contribution is 6.06. The number of aldehydes is 1. The molecule has 4 rings (SSSR count). The molecule has 0 atom stereocenters. The monoisotopic (exact) mass is 274 g/mol. The number of carbonyl (C=O) groups excluding carboxylic acids is 1. The summed E-state index contributed by atoms with van der Waals surface area (Å²) in [7, 11) is 2.02. The molecular weight excluding hydrogens is 260 g/mol. The van der Waals surface area contributed by atoms with E-state index in [1.165, 1.54) is 0 Å². The second kappa shape index (κ2) is 4.35. The van der Waals surface area contributed by atoms with Crippen molar-refractivity contribution < 1.29 is 4.79 Å². The van der Waals surface area contributed by atoms with Crippen LogP contribution in [0.2, 0.25) is 0 Å². The summed E-state index contributed by atoms with van der Waals surface area (Å²) in [5.74, 6) is 0. The van der Waals surface area contributed by atoms with Crippen LogP contribution in [-0.4, -0.2) is 15.5 Å². The standard InChI is InChI=1S/C18H14N2O/c1-19-17(13-7-3-2-4-8-13)11-18-15(12-21)14-9-5-6-10-16(14)20(18)19/h2-12H,1H3. The number of benzene rings is 2. The van der Waals surface area contributed by atoms with Crippen LogP contribution in [0.5, 0.6) is 0 Å². The predicted molar refractivity (Wildman–Crippen MR) is 84.7 cm³/mol. The lowest BCUT2D eigenvalue weighted by molar-refractivity contribution is 0.112. The van der Waals surface area contributed by atoms with Crippen molar-refractivity contribution in [1.82, 2.24) is 9.20 Å². The van der Waals surface area contributed by atoms with Crippen molar-refractivity contribution in [2.24, 2.45) is 7.05 Å². The minimum absolute atomic E-state index is 0.753. The van der Waals surface area contributed by atoms with Crippen molar-refractivity contribution in [2.45, 2.75) is 0 Å². The molecule has 0 radical (unpaired) electrons. The summed E-state index contributed by atoms with van der Waals surface area (Å²) in [4.78, 5) is 11.5. The molecule has 0 amide bonds. The number of aromatic nitrogens is 2. The van der Waals surface area contributed by atoms with Crippen molar-refractivity contribution in [2.75, 3.05) is 0 Å². The molecule has 0 unspecified atom stereocenters. The molecule has 102 valence electrons. The lowest BCUT2D eigenvalue weighted by Gasteiger charge is -2.05. The summed E-state index contributed by atoms with van der Waals surface area (Å²) >= 11 is 0. The fourth-order valence-corrected chi connectivity index (χ4v) is 3.06. The van der Waals surface area contributed by atoms with Crippen molar-refractivity contribution in [1.29, 1.82) is 0 Å². The molecule has 2 aromatic heterocycles. The van der Waals surface area contributed by atoms with E-state index in [1.54, 1.807) is 0 Å². The smallest absolute Gasteiger partial charge is 0.152 e. The molecule has 0 fully saturated rings. The third-order valence-corrected chi connectivity index (χ3v) is 4.04. The van der Waals surface area contributed by atoms with Gasteiger partial charge in [-0.3, -0.25) is 14.0 Å². The molecule has 0 saturated heterocycles. The van der Waals surface area contributed by atoms with Crippen LogP contribution in [-0.2, 0) is 7.05 Å². The zero-order valence-corrected chi connectivity index (χ0v) is 11.7. The molecule has 0 spiro atoms. The summed E-state index contributed by atoms with van der Waals surface area (Å²) in [5.41, 5.74) is 5.00. The normalized spacial score (nSPS) is 11.3. The SMILES string of the molecule is Cn1c(-c2ccccc2)cc2c(C=O)c3ccccc3n21. The van der Waals surface area contributed by atoms with Crippen LogP contribution >= 0.6 is 0 Å². The molecule has 3 nitrogen and oxygen atoms in total. The van der Waals surface area contributed by atoms with Crippen LogP contribution in [0.4, 0.5) is 0 Å². The molecule has 0 aliphatic heterocycles. The molecule has 2 heterocycles. The topological polar surface area (TPSA) is 26.4 Å². The van der Waals surface area contributed by atoms with Crippen molar-refractivity contribution in [3.05, 3.63) is 66.2 Å². The molecule has 0 N–H and O–H groups in total. The summed E-state index contributed by atoms with van der Waals surface area (Å²) in [5, 5.41) is 0.998. The molecule has 4 aromatic rings. The average molecular weight is 274 g/mol. The molecule has 0 bridgehead atoms. The van der Waals surface area contributed by atoms with Crippen molar-refractivity contribution in [3.63, 3.8) is 0 Å². The van der Waals surface area contributed by atoms with Crippen molar-refractivity contribution in [3.8, 4) is 11.3 Å². The molecule has 21 heavy (non-hydrogen) atoms. The summed E-state index contributed by atoms with van der Waals surface area (Å²) in [6.45, 7) is 0. The molecule has 2 aromatic carbocycles. The Kier molecular flexibility index (Phi) is 2.48. The first-order chi connectivity index (χ1) is 10.3. The molecular formula is C18H14N2O. The van der Waals surface area contributed by atoms with Crippen LogP contribution in [0.15, 0.2) is 60.7 Å². The van der Waals surface area contributed by atoms with Gasteiger partial charge in [-0.05, 0) is 17.7 Å². The van der Waals surface area contributed by atoms with Gasteiger partial charge in [0, 0.05) is 18.0 Å². The van der Waals surface area contributed by atoms with Gasteiger partial charge < -0.3 is 0 Å². The van der Waals surface area contributed by atoms with Crippen LogP contribution in [0.25, 0.3) is 27.7 Å². The zero-order valence-electron chi connectivity index (χ0n) is 11.7. The van der Waals surface area contributed by atoms with Gasteiger partial charge >= 0.3 is 0 Å². The average Bonchev–Trinajstić information content (AvgIpc) is 3.03. The number of hydrogen-bond donors (Lipinski definition) is 0. The number of nitrogens with zero attached hydrogens (tertiary/aromatic N) is 2. The van der Waals surface area contributed by atoms with Crippen LogP contribution < -0.4 is 0 Å². The molecule has 0 aliphatic rings. The number of fused-ring (bicyclic) bond motifs is 3. The largest absolute Gasteiger partial charge is 0.298 e. The fraction of sp³-hybridized carbons (Fsp3) is 0.0556. The first-order valence-electron chi connectivity index (χ1n) is 6.91. The highest BCUT2D eigenvalue weighted by Crippen LogP contribution is 2.30. The van der Waals surface area contributed by atoms with Gasteiger partial charge in [0.2, 0.25) is 0 Å². The summed E-state index contributed by atoms with van der Waals surface area (Å²) in [6, 6.07) is 20.3. The number of para-hydroxylation sites is 1. The second-order valence-corrected chi connectivity index (χ2v) is 5.16. The Balaban J connectivity index is 2.15. The van der Waals surface area contributed by atoms with Gasteiger partial charge in [0.15, 0.2) is 6.29 Å². The summed E-state index contributed by atoms with van der Waals surface area (Å²) in [6.07, 6.45) is 0.951. The first-order valence-corrected chi connectivity index (χ1v) is 6.91. The number of hydrogen-bond acceptors (Lipinski definition) is 1. The van der Waals surface area contributed by atoms with E-state index in [2.05, 4.69) is 27.4 Å². The Bertz CT molecular complexity index is 961. The molecule has 0 aliphatic carbocycles. The number of rotatable bonds is 2. The maximum absolute atomic E-state index is 11.5. The van der Waals surface area contributed by atoms with Crippen LogP contribution in [0.3, 0.4) is 0 Å². The van der Waals surface area contributed by atoms with Gasteiger partial charge in [-0.15, -0.1) is 0 Å². The Hall–Kier alpha value is -2.81. The van der Waals surface area contributed by atoms with Crippen molar-refractivity contribution >= 4 is 22.7 Å². The maximum atomic E-state index is 11.5. The predicted octanol–water partition coefficient (Wildman–Crippen LogP) is 3.91. The van der Waals surface area contributed by atoms with Crippen LogP contribution in [0, 0.1) is 0 Å². The summed E-state index contributed by atoms with van der Waals surface area (Å²) < 4.78 is 4.20. The van der Waals surface area contributed by atoms with E-state index in [1.807, 2.05) is 49.5 Å². The second-order valence-electron chi connectivity index (χ2n) is 5.16. The maximum Gasteiger partial charge on any atom is 0.152 e. The number of carbonyl (C=O) groups is 1. The quantitative estimate of drug-likeness (QED) is 0.509. The van der Waals surface area contributed by atoms with Gasteiger partial charge in [0.05, 0.1) is 16.7 Å². The van der Waals surface area contributed by atoms with Gasteiger partial charge in [0.25, 0.3) is 0 Å². The van der Waals surface area contributed by atoms with E-state index >= 15 is 0 Å². The Morgan fingerprint density at radius 3 is 2.38 bits per heavy atom. The van der Waals surface area contributed by atoms with E-state index in [4.69, 9.17) is 0 Å². The van der Waals surface area contributed by atoms with Crippen LogP contribution in [0.1, 0.15) is 10.4 Å². The van der Waals surface area contributed by atoms with E-state index in [9.17, 15) is 4.79 Å². The Morgan fingerprint density at radius 2 is 1.62 bits per heavy atom. The Morgan fingerprint density at radius 1 is 0.905 bits per heavy atom. The first kappa shape index (κ1) is 12.0. The third-order valence-electron chi connectivity index (χ3n) is 4.04. The lowest BCUT2D eigenvalue weighted by atomic mass is 10.1. The van der Waals surface area contributed by atoms with Gasteiger partial charge in [-0.1, -0.05) is 48.5 Å². The minimum Gasteiger partial charge on any atom is -0.298 e. The van der Waals surface area contributed by atoms with E-state index in [0.717, 1.165) is 39.5 Å². The Labute approximate surface area is 122 Å². The molecule has 0 saturated carbocycles. The van der Waals surface area contributed by atoms with E-state index in [0.29, 0.717) is 0 Å². The van der Waals surface area contributed by atoms with E-state index in [-0.39, 0.29) is 0 Å².